The number of fused-ring (bicyclic) bond motifs is 2. The Kier molecular flexibility index (Phi) is 2.79. The highest BCUT2D eigenvalue weighted by Gasteiger charge is 2.22. The van der Waals surface area contributed by atoms with Crippen molar-refractivity contribution in [1.29, 1.82) is 0 Å². The summed E-state index contributed by atoms with van der Waals surface area (Å²) >= 11 is 1.74. The molecule has 3 nitrogen and oxygen atoms in total. The van der Waals surface area contributed by atoms with Crippen molar-refractivity contribution in [2.24, 2.45) is 5.73 Å². The van der Waals surface area contributed by atoms with Crippen molar-refractivity contribution in [3.8, 4) is 10.6 Å². The third kappa shape index (κ3) is 1.84. The van der Waals surface area contributed by atoms with E-state index in [9.17, 15) is 0 Å². The van der Waals surface area contributed by atoms with Gasteiger partial charge in [0.15, 0.2) is 0 Å². The van der Waals surface area contributed by atoms with Crippen LogP contribution >= 0.6 is 11.3 Å². The monoisotopic (exact) mass is 281 g/mol. The molecule has 0 aliphatic heterocycles. The Labute approximate surface area is 121 Å². The smallest absolute Gasteiger partial charge is 0.126 e. The van der Waals surface area contributed by atoms with Crippen molar-refractivity contribution in [2.45, 2.75) is 25.3 Å². The fourth-order valence-electron chi connectivity index (χ4n) is 2.84. The van der Waals surface area contributed by atoms with Gasteiger partial charge < -0.3 is 5.73 Å². The summed E-state index contributed by atoms with van der Waals surface area (Å²) in [5, 5.41) is 2.21. The molecule has 2 aromatic heterocycles. The molecule has 0 spiro atoms. The Morgan fingerprint density at radius 1 is 1.20 bits per heavy atom. The number of hydrogen-bond donors (Lipinski definition) is 1. The van der Waals surface area contributed by atoms with Crippen LogP contribution in [0, 0.1) is 0 Å². The minimum Gasteiger partial charge on any atom is -0.323 e. The van der Waals surface area contributed by atoms with Gasteiger partial charge in [0.05, 0.1) is 11.2 Å². The molecular formula is C16H15N3S. The van der Waals surface area contributed by atoms with E-state index >= 15 is 0 Å². The number of pyridine rings is 1. The van der Waals surface area contributed by atoms with Crippen LogP contribution < -0.4 is 5.73 Å². The third-order valence-corrected chi connectivity index (χ3v) is 5.12. The van der Waals surface area contributed by atoms with Gasteiger partial charge in [-0.15, -0.1) is 11.3 Å². The average molecular weight is 281 g/mol. The first kappa shape index (κ1) is 12.0. The summed E-state index contributed by atoms with van der Waals surface area (Å²) in [6.07, 6.45) is 5.11. The fraction of sp³-hybridized carbons (Fsp3) is 0.250. The second-order valence-electron chi connectivity index (χ2n) is 5.21. The molecule has 2 N–H and O–H groups in total. The van der Waals surface area contributed by atoms with E-state index in [0.717, 1.165) is 40.7 Å². The number of nitrogens with two attached hydrogens (primary N) is 1. The van der Waals surface area contributed by atoms with Crippen LogP contribution in [-0.2, 0) is 6.42 Å². The van der Waals surface area contributed by atoms with Gasteiger partial charge in [-0.05, 0) is 31.4 Å². The van der Waals surface area contributed by atoms with E-state index in [1.807, 2.05) is 12.3 Å². The molecule has 1 atom stereocenters. The summed E-state index contributed by atoms with van der Waals surface area (Å²) in [7, 11) is 0. The maximum absolute atomic E-state index is 6.21. The van der Waals surface area contributed by atoms with E-state index in [-0.39, 0.29) is 6.04 Å². The zero-order valence-corrected chi connectivity index (χ0v) is 11.9. The molecule has 3 aromatic rings. The van der Waals surface area contributed by atoms with E-state index in [1.54, 1.807) is 11.3 Å². The molecule has 0 amide bonds. The molecule has 4 rings (SSSR count). The Balaban J connectivity index is 1.92. The van der Waals surface area contributed by atoms with Crippen molar-refractivity contribution >= 4 is 22.2 Å². The topological polar surface area (TPSA) is 51.8 Å². The van der Waals surface area contributed by atoms with E-state index in [0.29, 0.717) is 0 Å². The summed E-state index contributed by atoms with van der Waals surface area (Å²) in [5.74, 6) is 0. The number of hydrogen-bond acceptors (Lipinski definition) is 4. The van der Waals surface area contributed by atoms with Gasteiger partial charge in [-0.2, -0.15) is 0 Å². The molecule has 0 saturated carbocycles. The summed E-state index contributed by atoms with van der Waals surface area (Å²) in [6, 6.07) is 10.5. The molecule has 0 saturated heterocycles. The number of thiazole rings is 1. The molecule has 4 heteroatoms. The lowest BCUT2D eigenvalue weighted by Crippen LogP contribution is -2.15. The third-order valence-electron chi connectivity index (χ3n) is 3.86. The highest BCUT2D eigenvalue weighted by atomic mass is 32.1. The number of aryl methyl sites for hydroxylation is 1. The molecule has 0 bridgehead atoms. The number of para-hydroxylation sites is 1. The molecular weight excluding hydrogens is 266 g/mol. The molecule has 100 valence electrons. The Morgan fingerprint density at radius 3 is 3.00 bits per heavy atom. The van der Waals surface area contributed by atoms with Crippen molar-refractivity contribution in [3.63, 3.8) is 0 Å². The normalized spacial score (nSPS) is 18.1. The minimum atomic E-state index is 0.160. The van der Waals surface area contributed by atoms with Gasteiger partial charge in [-0.1, -0.05) is 18.2 Å². The van der Waals surface area contributed by atoms with Gasteiger partial charge in [0.2, 0.25) is 0 Å². The highest BCUT2D eigenvalue weighted by molar-refractivity contribution is 7.15. The second kappa shape index (κ2) is 4.65. The van der Waals surface area contributed by atoms with Gasteiger partial charge in [0, 0.05) is 28.1 Å². The predicted molar refractivity (Wildman–Crippen MR) is 82.7 cm³/mol. The standard InChI is InChI=1S/C16H15N3S/c17-12-7-2-8-13-15(12)20-16(19-13)11-6-1-4-10-5-3-9-18-14(10)11/h1,3-6,9,12H,2,7-8,17H2. The number of nitrogens with zero attached hydrogens (tertiary/aromatic N) is 2. The summed E-state index contributed by atoms with van der Waals surface area (Å²) in [5.41, 5.74) is 9.54. The van der Waals surface area contributed by atoms with Crippen LogP contribution in [0.25, 0.3) is 21.5 Å². The van der Waals surface area contributed by atoms with Gasteiger partial charge >= 0.3 is 0 Å². The number of benzene rings is 1. The van der Waals surface area contributed by atoms with Crippen molar-refractivity contribution in [1.82, 2.24) is 9.97 Å². The van der Waals surface area contributed by atoms with E-state index in [4.69, 9.17) is 10.7 Å². The van der Waals surface area contributed by atoms with Crippen molar-refractivity contribution in [2.75, 3.05) is 0 Å². The lowest BCUT2D eigenvalue weighted by Gasteiger charge is -2.15. The van der Waals surface area contributed by atoms with Crippen molar-refractivity contribution in [3.05, 3.63) is 47.1 Å². The fourth-order valence-corrected chi connectivity index (χ4v) is 4.02. The van der Waals surface area contributed by atoms with Crippen LogP contribution in [0.1, 0.15) is 29.5 Å². The van der Waals surface area contributed by atoms with E-state index in [1.165, 1.54) is 10.6 Å². The lowest BCUT2D eigenvalue weighted by atomic mass is 9.99. The molecule has 1 aromatic carbocycles. The first-order chi connectivity index (χ1) is 9.83. The first-order valence-corrected chi connectivity index (χ1v) is 7.74. The van der Waals surface area contributed by atoms with Crippen LogP contribution in [0.3, 0.4) is 0 Å². The van der Waals surface area contributed by atoms with Crippen LogP contribution in [0.5, 0.6) is 0 Å². The van der Waals surface area contributed by atoms with Gasteiger partial charge in [0.1, 0.15) is 5.01 Å². The van der Waals surface area contributed by atoms with Crippen LogP contribution in [0.2, 0.25) is 0 Å². The first-order valence-electron chi connectivity index (χ1n) is 6.92. The van der Waals surface area contributed by atoms with Crippen LogP contribution in [0.4, 0.5) is 0 Å². The molecule has 1 unspecified atom stereocenters. The highest BCUT2D eigenvalue weighted by Crippen LogP contribution is 2.38. The van der Waals surface area contributed by atoms with Crippen molar-refractivity contribution < 1.29 is 0 Å². The maximum atomic E-state index is 6.21. The maximum Gasteiger partial charge on any atom is 0.126 e. The molecule has 0 radical (unpaired) electrons. The molecule has 20 heavy (non-hydrogen) atoms. The second-order valence-corrected chi connectivity index (χ2v) is 6.24. The predicted octanol–water partition coefficient (Wildman–Crippen LogP) is 3.69. The largest absolute Gasteiger partial charge is 0.323 e. The molecule has 2 heterocycles. The molecule has 1 aliphatic rings. The molecule has 1 aliphatic carbocycles. The van der Waals surface area contributed by atoms with Gasteiger partial charge in [-0.3, -0.25) is 4.98 Å². The summed E-state index contributed by atoms with van der Waals surface area (Å²) in [4.78, 5) is 10.6. The lowest BCUT2D eigenvalue weighted by molar-refractivity contribution is 0.573. The quantitative estimate of drug-likeness (QED) is 0.740. The Bertz CT molecular complexity index is 773. The SMILES string of the molecule is NC1CCCc2nc(-c3cccc4cccnc34)sc21. The van der Waals surface area contributed by atoms with Crippen LogP contribution in [-0.4, -0.2) is 9.97 Å². The summed E-state index contributed by atoms with van der Waals surface area (Å²) < 4.78 is 0. The molecule has 0 fully saturated rings. The van der Waals surface area contributed by atoms with Gasteiger partial charge in [-0.25, -0.2) is 4.98 Å². The Morgan fingerprint density at radius 2 is 2.10 bits per heavy atom. The van der Waals surface area contributed by atoms with Gasteiger partial charge in [0.25, 0.3) is 0 Å². The number of rotatable bonds is 1. The minimum absolute atomic E-state index is 0.160. The van der Waals surface area contributed by atoms with E-state index < -0.39 is 0 Å². The van der Waals surface area contributed by atoms with Crippen LogP contribution in [0.15, 0.2) is 36.5 Å². The zero-order chi connectivity index (χ0) is 13.5. The van der Waals surface area contributed by atoms with E-state index in [2.05, 4.69) is 29.2 Å². The zero-order valence-electron chi connectivity index (χ0n) is 11.0. The number of aromatic nitrogens is 2. The Hall–Kier alpha value is -1.78. The average Bonchev–Trinajstić information content (AvgIpc) is 2.92. The summed E-state index contributed by atoms with van der Waals surface area (Å²) in [6.45, 7) is 0.